The maximum atomic E-state index is 12.2. The summed E-state index contributed by atoms with van der Waals surface area (Å²) in [5.74, 6) is -0.930. The first-order chi connectivity index (χ1) is 13.1. The lowest BCUT2D eigenvalue weighted by Crippen LogP contribution is -2.42. The highest BCUT2D eigenvalue weighted by atomic mass is 16.5. The van der Waals surface area contributed by atoms with Gasteiger partial charge in [0.2, 0.25) is 5.91 Å². The van der Waals surface area contributed by atoms with Crippen LogP contribution in [0.3, 0.4) is 0 Å². The van der Waals surface area contributed by atoms with Crippen LogP contribution in [0.4, 0.5) is 5.69 Å². The van der Waals surface area contributed by atoms with Crippen LogP contribution in [0.5, 0.6) is 5.75 Å². The number of hydrogen-bond donors (Lipinski definition) is 4. The van der Waals surface area contributed by atoms with Gasteiger partial charge in [0, 0.05) is 19.6 Å². The quantitative estimate of drug-likeness (QED) is 0.450. The van der Waals surface area contributed by atoms with Gasteiger partial charge in [0.05, 0.1) is 19.2 Å². The predicted molar refractivity (Wildman–Crippen MR) is 104 cm³/mol. The molecule has 7 nitrogen and oxygen atoms in total. The molecule has 4 N–H and O–H groups in total. The van der Waals surface area contributed by atoms with Crippen LogP contribution in [0.2, 0.25) is 0 Å². The van der Waals surface area contributed by atoms with E-state index in [0.29, 0.717) is 31.1 Å². The Balaban J connectivity index is 1.75. The summed E-state index contributed by atoms with van der Waals surface area (Å²) in [6, 6.07) is 15.9. The first-order valence-corrected chi connectivity index (χ1v) is 8.74. The third kappa shape index (κ3) is 7.08. The second-order valence-electron chi connectivity index (χ2n) is 5.96. The number of benzene rings is 2. The van der Waals surface area contributed by atoms with Gasteiger partial charge in [-0.2, -0.15) is 0 Å². The second-order valence-corrected chi connectivity index (χ2v) is 5.96. The average molecular weight is 371 g/mol. The Labute approximate surface area is 158 Å². The van der Waals surface area contributed by atoms with Gasteiger partial charge in [-0.25, -0.2) is 0 Å². The zero-order valence-electron chi connectivity index (χ0n) is 15.3. The molecule has 0 aliphatic carbocycles. The molecule has 1 atom stereocenters. The number of aliphatic carboxylic acids is 1. The molecule has 1 unspecified atom stereocenters. The van der Waals surface area contributed by atoms with Gasteiger partial charge in [0.25, 0.3) is 0 Å². The fourth-order valence-corrected chi connectivity index (χ4v) is 2.54. The van der Waals surface area contributed by atoms with Crippen molar-refractivity contribution in [2.75, 3.05) is 25.5 Å². The van der Waals surface area contributed by atoms with Crippen LogP contribution in [0.1, 0.15) is 12.0 Å². The summed E-state index contributed by atoms with van der Waals surface area (Å²) in [5.41, 5.74) is 1.67. The van der Waals surface area contributed by atoms with Gasteiger partial charge in [-0.15, -0.1) is 0 Å². The highest BCUT2D eigenvalue weighted by molar-refractivity contribution is 5.95. The van der Waals surface area contributed by atoms with Crippen molar-refractivity contribution in [2.45, 2.75) is 19.0 Å². The summed E-state index contributed by atoms with van der Waals surface area (Å²) in [4.78, 5) is 23.6. The SMILES string of the molecule is COc1ccccc1NC(=O)CC(NCCNCc1ccccc1)C(=O)O. The summed E-state index contributed by atoms with van der Waals surface area (Å²) in [7, 11) is 1.51. The predicted octanol–water partition coefficient (Wildman–Crippen LogP) is 1.86. The number of carbonyl (C=O) groups is 2. The van der Waals surface area contributed by atoms with Gasteiger partial charge in [0.15, 0.2) is 0 Å². The van der Waals surface area contributed by atoms with E-state index in [9.17, 15) is 14.7 Å². The van der Waals surface area contributed by atoms with Crippen LogP contribution in [0.15, 0.2) is 54.6 Å². The van der Waals surface area contributed by atoms with Crippen molar-refractivity contribution >= 4 is 17.6 Å². The van der Waals surface area contributed by atoms with Crippen LogP contribution < -0.4 is 20.7 Å². The third-order valence-corrected chi connectivity index (χ3v) is 3.93. The van der Waals surface area contributed by atoms with Crippen LogP contribution in [-0.4, -0.2) is 43.2 Å². The van der Waals surface area contributed by atoms with Gasteiger partial charge in [-0.1, -0.05) is 42.5 Å². The number of anilines is 1. The molecule has 1 amide bonds. The minimum absolute atomic E-state index is 0.175. The topological polar surface area (TPSA) is 99.7 Å². The monoisotopic (exact) mass is 371 g/mol. The smallest absolute Gasteiger partial charge is 0.321 e. The van der Waals surface area contributed by atoms with Gasteiger partial charge < -0.3 is 25.8 Å². The number of carbonyl (C=O) groups excluding carboxylic acids is 1. The molecule has 0 radical (unpaired) electrons. The molecule has 27 heavy (non-hydrogen) atoms. The zero-order valence-corrected chi connectivity index (χ0v) is 15.3. The Kier molecular flexibility index (Phi) is 8.28. The van der Waals surface area contributed by atoms with Crippen molar-refractivity contribution in [3.63, 3.8) is 0 Å². The number of nitrogens with one attached hydrogen (secondary N) is 3. The Morgan fingerprint density at radius 3 is 2.44 bits per heavy atom. The Hall–Kier alpha value is -2.90. The number of hydrogen-bond acceptors (Lipinski definition) is 5. The number of amides is 1. The maximum absolute atomic E-state index is 12.2. The van der Waals surface area contributed by atoms with E-state index < -0.39 is 17.9 Å². The van der Waals surface area contributed by atoms with Crippen LogP contribution in [0.25, 0.3) is 0 Å². The van der Waals surface area contributed by atoms with E-state index >= 15 is 0 Å². The largest absolute Gasteiger partial charge is 0.495 e. The average Bonchev–Trinajstić information content (AvgIpc) is 2.68. The summed E-state index contributed by atoms with van der Waals surface area (Å²) < 4.78 is 5.17. The summed E-state index contributed by atoms with van der Waals surface area (Å²) >= 11 is 0. The summed E-state index contributed by atoms with van der Waals surface area (Å²) in [5, 5.41) is 18.2. The molecule has 0 saturated heterocycles. The number of ether oxygens (including phenoxy) is 1. The molecule has 0 fully saturated rings. The van der Waals surface area contributed by atoms with E-state index in [-0.39, 0.29) is 6.42 Å². The molecule has 0 aliphatic rings. The summed E-state index contributed by atoms with van der Waals surface area (Å²) in [6.45, 7) is 1.73. The van der Waals surface area contributed by atoms with Gasteiger partial charge >= 0.3 is 5.97 Å². The van der Waals surface area contributed by atoms with E-state index in [1.54, 1.807) is 24.3 Å². The number of para-hydroxylation sites is 2. The van der Waals surface area contributed by atoms with E-state index in [0.717, 1.165) is 5.56 Å². The fourth-order valence-electron chi connectivity index (χ4n) is 2.54. The molecule has 144 valence electrons. The standard InChI is InChI=1S/C20H25N3O4/c1-27-18-10-6-5-9-16(18)23-19(24)13-17(20(25)26)22-12-11-21-14-15-7-3-2-4-8-15/h2-10,17,21-22H,11-14H2,1H3,(H,23,24)(H,25,26). The molecule has 0 aliphatic heterocycles. The van der Waals surface area contributed by atoms with Gasteiger partial charge in [-0.05, 0) is 17.7 Å². The van der Waals surface area contributed by atoms with E-state index in [4.69, 9.17) is 4.74 Å². The molecule has 2 rings (SSSR count). The highest BCUT2D eigenvalue weighted by Gasteiger charge is 2.21. The molecule has 7 heteroatoms. The summed E-state index contributed by atoms with van der Waals surface area (Å²) in [6.07, 6.45) is -0.175. The lowest BCUT2D eigenvalue weighted by Gasteiger charge is -2.15. The fraction of sp³-hybridized carbons (Fsp3) is 0.300. The van der Waals surface area contributed by atoms with Gasteiger partial charge in [0.1, 0.15) is 11.8 Å². The maximum Gasteiger partial charge on any atom is 0.321 e. The molecular formula is C20H25N3O4. The van der Waals surface area contributed by atoms with E-state index in [1.165, 1.54) is 7.11 Å². The lowest BCUT2D eigenvalue weighted by atomic mass is 10.2. The first-order valence-electron chi connectivity index (χ1n) is 8.74. The third-order valence-electron chi connectivity index (χ3n) is 3.93. The lowest BCUT2D eigenvalue weighted by molar-refractivity contribution is -0.141. The molecule has 2 aromatic rings. The Morgan fingerprint density at radius 1 is 1.04 bits per heavy atom. The van der Waals surface area contributed by atoms with Crippen LogP contribution >= 0.6 is 0 Å². The molecule has 0 aromatic heterocycles. The molecule has 0 saturated carbocycles. The Bertz CT molecular complexity index is 737. The number of carboxylic acids is 1. The number of rotatable bonds is 11. The van der Waals surface area contributed by atoms with Crippen LogP contribution in [-0.2, 0) is 16.1 Å². The van der Waals surface area contributed by atoms with Gasteiger partial charge in [-0.3, -0.25) is 9.59 Å². The molecular weight excluding hydrogens is 346 g/mol. The number of carboxylic acid groups (broad SMARTS) is 1. The normalized spacial score (nSPS) is 11.6. The van der Waals surface area contributed by atoms with Crippen molar-refractivity contribution in [3.8, 4) is 5.75 Å². The van der Waals surface area contributed by atoms with Crippen molar-refractivity contribution < 1.29 is 19.4 Å². The number of methoxy groups -OCH3 is 1. The molecule has 0 heterocycles. The highest BCUT2D eigenvalue weighted by Crippen LogP contribution is 2.23. The van der Waals surface area contributed by atoms with Crippen LogP contribution in [0, 0.1) is 0 Å². The molecule has 0 bridgehead atoms. The second kappa shape index (κ2) is 10.9. The Morgan fingerprint density at radius 2 is 1.74 bits per heavy atom. The minimum atomic E-state index is -1.06. The molecule has 0 spiro atoms. The molecule has 2 aromatic carbocycles. The van der Waals surface area contributed by atoms with E-state index in [2.05, 4.69) is 16.0 Å². The first kappa shape index (κ1) is 20.4. The van der Waals surface area contributed by atoms with Crippen molar-refractivity contribution in [1.82, 2.24) is 10.6 Å². The van der Waals surface area contributed by atoms with Crippen molar-refractivity contribution in [2.24, 2.45) is 0 Å². The minimum Gasteiger partial charge on any atom is -0.495 e. The van der Waals surface area contributed by atoms with Crippen molar-refractivity contribution in [1.29, 1.82) is 0 Å². The van der Waals surface area contributed by atoms with Crippen molar-refractivity contribution in [3.05, 3.63) is 60.2 Å². The zero-order chi connectivity index (χ0) is 19.5. The van der Waals surface area contributed by atoms with E-state index in [1.807, 2.05) is 30.3 Å².